The molecule has 7 nitrogen and oxygen atoms in total. The van der Waals surface area contributed by atoms with Crippen LogP contribution < -0.4 is 16.0 Å². The predicted molar refractivity (Wildman–Crippen MR) is 105 cm³/mol. The molecule has 1 aliphatic rings. The lowest BCUT2D eigenvalue weighted by atomic mass is 10.2. The van der Waals surface area contributed by atoms with Crippen molar-refractivity contribution in [1.82, 2.24) is 15.6 Å². The summed E-state index contributed by atoms with van der Waals surface area (Å²) in [4.78, 5) is 40.0. The fourth-order valence-electron chi connectivity index (χ4n) is 2.24. The van der Waals surface area contributed by atoms with Crippen LogP contribution in [0.15, 0.2) is 23.6 Å². The zero-order valence-corrected chi connectivity index (χ0v) is 16.4. The van der Waals surface area contributed by atoms with E-state index in [1.165, 1.54) is 29.5 Å². The second-order valence-corrected chi connectivity index (χ2v) is 7.69. The van der Waals surface area contributed by atoms with Gasteiger partial charge in [0, 0.05) is 16.3 Å². The number of thiazole rings is 1. The second kappa shape index (κ2) is 8.69. The normalized spacial score (nSPS) is 13.1. The van der Waals surface area contributed by atoms with Gasteiger partial charge in [0.1, 0.15) is 0 Å². The van der Waals surface area contributed by atoms with Crippen LogP contribution in [0.25, 0.3) is 0 Å². The van der Waals surface area contributed by atoms with Gasteiger partial charge in [0.05, 0.1) is 29.4 Å². The van der Waals surface area contributed by atoms with Gasteiger partial charge in [-0.2, -0.15) is 0 Å². The van der Waals surface area contributed by atoms with Crippen LogP contribution in [0.4, 0.5) is 5.13 Å². The molecule has 2 aromatic rings. The number of anilines is 1. The topological polar surface area (TPSA) is 100 Å². The van der Waals surface area contributed by atoms with E-state index >= 15 is 0 Å². The monoisotopic (exact) mass is 426 g/mol. The summed E-state index contributed by atoms with van der Waals surface area (Å²) < 4.78 is 0. The van der Waals surface area contributed by atoms with Gasteiger partial charge in [0.2, 0.25) is 11.8 Å². The molecule has 1 aliphatic carbocycles. The van der Waals surface area contributed by atoms with Gasteiger partial charge in [-0.15, -0.1) is 11.3 Å². The first-order chi connectivity index (χ1) is 12.9. The van der Waals surface area contributed by atoms with Gasteiger partial charge >= 0.3 is 0 Å². The lowest BCUT2D eigenvalue weighted by molar-refractivity contribution is -0.123. The number of nitrogens with one attached hydrogen (secondary N) is 3. The van der Waals surface area contributed by atoms with E-state index in [-0.39, 0.29) is 29.6 Å². The van der Waals surface area contributed by atoms with Crippen LogP contribution in [0.1, 0.15) is 34.8 Å². The highest BCUT2D eigenvalue weighted by Gasteiger charge is 2.26. The maximum atomic E-state index is 12.0. The van der Waals surface area contributed by atoms with Crippen LogP contribution in [0.3, 0.4) is 0 Å². The highest BCUT2D eigenvalue weighted by molar-refractivity contribution is 7.13. The Balaban J connectivity index is 1.39. The Morgan fingerprint density at radius 1 is 1.11 bits per heavy atom. The summed E-state index contributed by atoms with van der Waals surface area (Å²) in [6.07, 6.45) is 2.28. The molecule has 1 aromatic carbocycles. The van der Waals surface area contributed by atoms with Crippen LogP contribution in [0.5, 0.6) is 0 Å². The number of amides is 3. The maximum Gasteiger partial charge on any atom is 0.253 e. The number of nitrogens with zero attached hydrogens (tertiary/aromatic N) is 1. The van der Waals surface area contributed by atoms with Crippen molar-refractivity contribution in [3.8, 4) is 0 Å². The van der Waals surface area contributed by atoms with Gasteiger partial charge < -0.3 is 16.0 Å². The third kappa shape index (κ3) is 5.66. The molecule has 3 N–H and O–H groups in total. The van der Waals surface area contributed by atoms with Gasteiger partial charge in [-0.1, -0.05) is 23.2 Å². The molecule has 0 bridgehead atoms. The SMILES string of the molecule is O=C(CNC(=O)c1ccc(Cl)cc1Cl)NCC(=O)Nc1nc(C2CC2)cs1. The second-order valence-electron chi connectivity index (χ2n) is 5.98. The molecule has 0 saturated heterocycles. The maximum absolute atomic E-state index is 12.0. The zero-order chi connectivity index (χ0) is 19.4. The van der Waals surface area contributed by atoms with Crippen molar-refractivity contribution in [3.63, 3.8) is 0 Å². The first kappa shape index (κ1) is 19.6. The Morgan fingerprint density at radius 3 is 2.56 bits per heavy atom. The highest BCUT2D eigenvalue weighted by Crippen LogP contribution is 2.40. The standard InChI is InChI=1S/C17H16Cl2N4O3S/c18-10-3-4-11(12(19)5-10)16(26)21-6-14(24)20-7-15(25)23-17-22-13(8-27-17)9-1-2-9/h3-5,8-9H,1-2,6-7H2,(H,20,24)(H,21,26)(H,22,23,25). The molecule has 1 fully saturated rings. The minimum atomic E-state index is -0.508. The van der Waals surface area contributed by atoms with E-state index in [4.69, 9.17) is 23.2 Å². The molecule has 1 saturated carbocycles. The minimum Gasteiger partial charge on any atom is -0.345 e. The highest BCUT2D eigenvalue weighted by atomic mass is 35.5. The summed E-state index contributed by atoms with van der Waals surface area (Å²) in [6.45, 7) is -0.497. The molecule has 0 radical (unpaired) electrons. The molecule has 142 valence electrons. The number of carbonyl (C=O) groups is 3. The number of carbonyl (C=O) groups excluding carboxylic acids is 3. The van der Waals surface area contributed by atoms with Crippen LogP contribution in [-0.2, 0) is 9.59 Å². The fraction of sp³-hybridized carbons (Fsp3) is 0.294. The van der Waals surface area contributed by atoms with Gasteiger partial charge in [-0.3, -0.25) is 14.4 Å². The molecule has 0 atom stereocenters. The Hall–Kier alpha value is -2.16. The van der Waals surface area contributed by atoms with Crippen LogP contribution in [-0.4, -0.2) is 35.8 Å². The molecular formula is C17H16Cl2N4O3S. The van der Waals surface area contributed by atoms with Crippen molar-refractivity contribution >= 4 is 57.4 Å². The number of aromatic nitrogens is 1. The van der Waals surface area contributed by atoms with Crippen molar-refractivity contribution in [2.45, 2.75) is 18.8 Å². The van der Waals surface area contributed by atoms with E-state index in [0.717, 1.165) is 18.5 Å². The molecule has 1 heterocycles. The molecular weight excluding hydrogens is 411 g/mol. The van der Waals surface area contributed by atoms with Gasteiger partial charge in [-0.25, -0.2) is 4.98 Å². The Morgan fingerprint density at radius 2 is 1.85 bits per heavy atom. The van der Waals surface area contributed by atoms with Crippen molar-refractivity contribution in [3.05, 3.63) is 44.9 Å². The summed E-state index contributed by atoms with van der Waals surface area (Å²) in [7, 11) is 0. The van der Waals surface area contributed by atoms with E-state index in [9.17, 15) is 14.4 Å². The largest absolute Gasteiger partial charge is 0.345 e. The molecule has 0 spiro atoms. The first-order valence-corrected chi connectivity index (χ1v) is 9.81. The number of hydrogen-bond donors (Lipinski definition) is 3. The summed E-state index contributed by atoms with van der Waals surface area (Å²) in [5.74, 6) is -0.871. The van der Waals surface area contributed by atoms with Crippen molar-refractivity contribution in [2.24, 2.45) is 0 Å². The van der Waals surface area contributed by atoms with Crippen LogP contribution in [0, 0.1) is 0 Å². The van der Waals surface area contributed by atoms with Crippen molar-refractivity contribution < 1.29 is 14.4 Å². The quantitative estimate of drug-likeness (QED) is 0.633. The van der Waals surface area contributed by atoms with E-state index in [1.807, 2.05) is 5.38 Å². The number of benzene rings is 1. The minimum absolute atomic E-state index is 0.189. The third-order valence-electron chi connectivity index (χ3n) is 3.80. The smallest absolute Gasteiger partial charge is 0.253 e. The van der Waals surface area contributed by atoms with Crippen LogP contribution >= 0.6 is 34.5 Å². The van der Waals surface area contributed by atoms with E-state index in [2.05, 4.69) is 20.9 Å². The molecule has 3 rings (SSSR count). The average molecular weight is 427 g/mol. The molecule has 0 aliphatic heterocycles. The zero-order valence-electron chi connectivity index (χ0n) is 14.1. The molecule has 27 heavy (non-hydrogen) atoms. The predicted octanol–water partition coefficient (Wildman–Crippen LogP) is 2.81. The van der Waals surface area contributed by atoms with Crippen molar-refractivity contribution in [1.29, 1.82) is 0 Å². The van der Waals surface area contributed by atoms with Crippen molar-refractivity contribution in [2.75, 3.05) is 18.4 Å². The molecule has 10 heteroatoms. The van der Waals surface area contributed by atoms with Crippen LogP contribution in [0.2, 0.25) is 10.0 Å². The number of rotatable bonds is 7. The summed E-state index contributed by atoms with van der Waals surface area (Å²) in [6, 6.07) is 4.44. The summed E-state index contributed by atoms with van der Waals surface area (Å²) in [5.41, 5.74) is 1.21. The van der Waals surface area contributed by atoms with Gasteiger partial charge in [0.15, 0.2) is 5.13 Å². The molecule has 0 unspecified atom stereocenters. The lowest BCUT2D eigenvalue weighted by Crippen LogP contribution is -2.40. The van der Waals surface area contributed by atoms with Gasteiger partial charge in [0.25, 0.3) is 5.91 Å². The average Bonchev–Trinajstić information content (AvgIpc) is 3.37. The van der Waals surface area contributed by atoms with E-state index < -0.39 is 11.8 Å². The van der Waals surface area contributed by atoms with E-state index in [1.54, 1.807) is 0 Å². The number of halogens is 2. The number of hydrogen-bond acceptors (Lipinski definition) is 5. The third-order valence-corrected chi connectivity index (χ3v) is 5.12. The molecule has 3 amide bonds. The van der Waals surface area contributed by atoms with E-state index in [0.29, 0.717) is 16.1 Å². The first-order valence-electron chi connectivity index (χ1n) is 8.17. The Kier molecular flexibility index (Phi) is 6.30. The fourth-order valence-corrected chi connectivity index (χ4v) is 3.55. The summed E-state index contributed by atoms with van der Waals surface area (Å²) >= 11 is 13.1. The van der Waals surface area contributed by atoms with Gasteiger partial charge in [-0.05, 0) is 31.0 Å². The Labute approximate surface area is 169 Å². The lowest BCUT2D eigenvalue weighted by Gasteiger charge is -2.08. The summed E-state index contributed by atoms with van der Waals surface area (Å²) in [5, 5.41) is 10.6. The Bertz CT molecular complexity index is 883. The molecule has 1 aromatic heterocycles.